The molecular weight excluding hydrogens is 610 g/mol. The predicted octanol–water partition coefficient (Wildman–Crippen LogP) is 2.41. The van der Waals surface area contributed by atoms with E-state index in [-0.39, 0.29) is 40.6 Å². The Balaban J connectivity index is 1.05. The molecule has 1 aromatic heterocycles. The number of carbonyl (C=O) groups excluding carboxylic acids is 3. The fraction of sp³-hybridized carbons (Fsp3) is 0.485. The van der Waals surface area contributed by atoms with Crippen LogP contribution in [0.2, 0.25) is 0 Å². The van der Waals surface area contributed by atoms with E-state index in [0.717, 1.165) is 19.3 Å². The molecule has 6 unspecified atom stereocenters. The molecule has 46 heavy (non-hydrogen) atoms. The Morgan fingerprint density at radius 1 is 1.20 bits per heavy atom. The molecule has 0 bridgehead atoms. The number of aliphatic carboxylic acids is 1. The molecule has 3 aliphatic heterocycles. The van der Waals surface area contributed by atoms with E-state index >= 15 is 0 Å². The highest BCUT2D eigenvalue weighted by Gasteiger charge is 2.60. The fourth-order valence-electron chi connectivity index (χ4n) is 6.34. The zero-order valence-electron chi connectivity index (χ0n) is 26.0. The number of nitrogens with one attached hydrogen (secondary N) is 3. The minimum atomic E-state index is -1.17. The van der Waals surface area contributed by atoms with Gasteiger partial charge in [0.1, 0.15) is 5.70 Å². The summed E-state index contributed by atoms with van der Waals surface area (Å²) in [6.07, 6.45) is 6.11. The van der Waals surface area contributed by atoms with Crippen molar-refractivity contribution in [1.82, 2.24) is 20.5 Å². The Morgan fingerprint density at radius 2 is 2.02 bits per heavy atom. The van der Waals surface area contributed by atoms with Crippen molar-refractivity contribution in [2.45, 2.75) is 63.0 Å². The molecule has 2 fully saturated rings. The second-order valence-electron chi connectivity index (χ2n) is 12.0. The van der Waals surface area contributed by atoms with Gasteiger partial charge in [-0.2, -0.15) is 0 Å². The second kappa shape index (κ2) is 15.2. The molecule has 0 spiro atoms. The lowest BCUT2D eigenvalue weighted by molar-refractivity contribution is -0.163. The molecule has 13 heteroatoms. The van der Waals surface area contributed by atoms with E-state index in [1.165, 1.54) is 22.2 Å². The van der Waals surface area contributed by atoms with Gasteiger partial charge >= 0.3 is 5.97 Å². The number of aromatic nitrogens is 1. The summed E-state index contributed by atoms with van der Waals surface area (Å²) in [7, 11) is 0. The Morgan fingerprint density at radius 3 is 2.76 bits per heavy atom. The normalized spacial score (nSPS) is 24.4. The van der Waals surface area contributed by atoms with Gasteiger partial charge in [0.05, 0.1) is 30.7 Å². The summed E-state index contributed by atoms with van der Waals surface area (Å²) in [6, 6.07) is 9.83. The smallest absolute Gasteiger partial charge is 0.353 e. The zero-order valence-corrected chi connectivity index (χ0v) is 26.8. The van der Waals surface area contributed by atoms with E-state index in [1.807, 2.05) is 19.2 Å². The van der Waals surface area contributed by atoms with Crippen LogP contribution in [0.4, 0.5) is 5.69 Å². The van der Waals surface area contributed by atoms with E-state index in [1.54, 1.807) is 37.4 Å². The lowest BCUT2D eigenvalue weighted by atomic mass is 9.79. The lowest BCUT2D eigenvalue weighted by Gasteiger charge is -2.46. The second-order valence-corrected chi connectivity index (χ2v) is 13.3. The summed E-state index contributed by atoms with van der Waals surface area (Å²) >= 11 is 1.39. The highest BCUT2D eigenvalue weighted by atomic mass is 32.2. The fourth-order valence-corrected chi connectivity index (χ4v) is 7.82. The van der Waals surface area contributed by atoms with Crippen LogP contribution in [0.3, 0.4) is 0 Å². The van der Waals surface area contributed by atoms with Crippen LogP contribution in [-0.2, 0) is 25.5 Å². The molecule has 4 heterocycles. The maximum Gasteiger partial charge on any atom is 0.353 e. The number of rotatable bonds is 15. The van der Waals surface area contributed by atoms with Crippen molar-refractivity contribution in [3.8, 4) is 0 Å². The standard InChI is InChI=1S/C33H41N5O7S/c1-19-27-26(20(2)39)32(42)38(27)28(33(43)44)29(19)46-24-16-25(36-18-24)31(41)37-23-10-5-9-22(15-23)30(40)35-12-14-45-13-4-3-7-21-8-6-11-34-17-21/h5-6,8-11,15,17,19-20,24-27,36,39H,3-4,7,12-14,16,18H2,1-2H3,(H,35,40)(H,37,41)(H,43,44). The van der Waals surface area contributed by atoms with Gasteiger partial charge in [-0.25, -0.2) is 4.79 Å². The molecule has 246 valence electrons. The molecule has 2 saturated heterocycles. The summed E-state index contributed by atoms with van der Waals surface area (Å²) < 4.78 is 5.64. The number of unbranched alkanes of at least 4 members (excludes halogenated alkanes) is 1. The third-order valence-electron chi connectivity index (χ3n) is 8.66. The summed E-state index contributed by atoms with van der Waals surface area (Å²) in [5, 5.41) is 28.8. The van der Waals surface area contributed by atoms with Crippen molar-refractivity contribution in [2.24, 2.45) is 11.8 Å². The van der Waals surface area contributed by atoms with Crippen LogP contribution in [0.1, 0.15) is 49.0 Å². The first-order chi connectivity index (χ1) is 22.2. The van der Waals surface area contributed by atoms with Gasteiger partial charge in [0, 0.05) is 59.4 Å². The van der Waals surface area contributed by atoms with Crippen LogP contribution >= 0.6 is 11.8 Å². The summed E-state index contributed by atoms with van der Waals surface area (Å²) in [6.45, 7) is 5.31. The highest BCUT2D eigenvalue weighted by Crippen LogP contribution is 2.51. The molecule has 5 N–H and O–H groups in total. The largest absolute Gasteiger partial charge is 0.477 e. The molecule has 5 rings (SSSR count). The molecule has 2 aromatic rings. The number of anilines is 1. The maximum atomic E-state index is 13.1. The SMILES string of the molecule is CC(O)C1C(=O)N2C(C(=O)O)=C(SC3CNC(C(=O)Nc4cccc(C(=O)NCCOCCCCc5cccnc5)c4)C3)C(C)C12. The Kier molecular flexibility index (Phi) is 11.1. The molecular formula is C33H41N5O7S. The van der Waals surface area contributed by atoms with Gasteiger partial charge in [0.25, 0.3) is 5.91 Å². The van der Waals surface area contributed by atoms with Crippen LogP contribution in [0.15, 0.2) is 59.4 Å². The first kappa shape index (κ1) is 33.6. The van der Waals surface area contributed by atoms with E-state index < -0.39 is 24.0 Å². The van der Waals surface area contributed by atoms with Gasteiger partial charge in [-0.15, -0.1) is 11.8 Å². The molecule has 3 amide bonds. The molecule has 6 atom stereocenters. The van der Waals surface area contributed by atoms with E-state index in [0.29, 0.717) is 48.9 Å². The highest BCUT2D eigenvalue weighted by molar-refractivity contribution is 8.03. The van der Waals surface area contributed by atoms with Crippen LogP contribution in [0, 0.1) is 11.8 Å². The Labute approximate surface area is 272 Å². The lowest BCUT2D eigenvalue weighted by Crippen LogP contribution is -2.63. The minimum Gasteiger partial charge on any atom is -0.477 e. The number of carboxylic acid groups (broad SMARTS) is 1. The third-order valence-corrected chi connectivity index (χ3v) is 10.2. The van der Waals surface area contributed by atoms with E-state index in [9.17, 15) is 29.4 Å². The number of amides is 3. The average Bonchev–Trinajstić information content (AvgIpc) is 3.60. The molecule has 0 aliphatic carbocycles. The Hall–Kier alpha value is -3.78. The molecule has 12 nitrogen and oxygen atoms in total. The van der Waals surface area contributed by atoms with E-state index in [4.69, 9.17) is 4.74 Å². The number of thioether (sulfide) groups is 1. The van der Waals surface area contributed by atoms with Crippen molar-refractivity contribution >= 4 is 41.1 Å². The van der Waals surface area contributed by atoms with Crippen LogP contribution < -0.4 is 16.0 Å². The topological polar surface area (TPSA) is 170 Å². The number of carbonyl (C=O) groups is 4. The van der Waals surface area contributed by atoms with Gasteiger partial charge in [0.15, 0.2) is 0 Å². The van der Waals surface area contributed by atoms with Crippen molar-refractivity contribution in [3.05, 3.63) is 70.5 Å². The van der Waals surface area contributed by atoms with Crippen molar-refractivity contribution in [1.29, 1.82) is 0 Å². The number of pyridine rings is 1. The number of hydrogen-bond acceptors (Lipinski definition) is 9. The molecule has 0 radical (unpaired) electrons. The van der Waals surface area contributed by atoms with Gasteiger partial charge in [-0.05, 0) is 62.4 Å². The third kappa shape index (κ3) is 7.60. The molecule has 3 aliphatic rings. The van der Waals surface area contributed by atoms with Gasteiger partial charge in [-0.1, -0.05) is 19.1 Å². The number of ether oxygens (including phenoxy) is 1. The zero-order chi connectivity index (χ0) is 32.8. The van der Waals surface area contributed by atoms with Gasteiger partial charge in [-0.3, -0.25) is 19.4 Å². The number of β-lactam (4-membered cyclic amide) rings is 1. The number of fused-ring (bicyclic) bond motifs is 1. The summed E-state index contributed by atoms with van der Waals surface area (Å²) in [4.78, 5) is 56.5. The van der Waals surface area contributed by atoms with Crippen molar-refractivity contribution < 1.29 is 34.1 Å². The number of carboxylic acids is 1. The Bertz CT molecular complexity index is 1470. The number of hydrogen-bond donors (Lipinski definition) is 5. The maximum absolute atomic E-state index is 13.1. The monoisotopic (exact) mass is 651 g/mol. The van der Waals surface area contributed by atoms with Gasteiger partial charge in [0.2, 0.25) is 11.8 Å². The van der Waals surface area contributed by atoms with Crippen LogP contribution in [0.25, 0.3) is 0 Å². The predicted molar refractivity (Wildman–Crippen MR) is 173 cm³/mol. The molecule has 1 aromatic carbocycles. The quantitative estimate of drug-likeness (QED) is 0.142. The van der Waals surface area contributed by atoms with Crippen LogP contribution in [-0.4, -0.2) is 93.5 Å². The number of aliphatic hydroxyl groups excluding tert-OH is 1. The summed E-state index contributed by atoms with van der Waals surface area (Å²) in [5.41, 5.74) is 2.10. The van der Waals surface area contributed by atoms with Crippen molar-refractivity contribution in [3.63, 3.8) is 0 Å². The minimum absolute atomic E-state index is 0.0178. The number of nitrogens with zero attached hydrogens (tertiary/aromatic N) is 2. The first-order valence-electron chi connectivity index (χ1n) is 15.7. The van der Waals surface area contributed by atoms with Gasteiger partial charge < -0.3 is 35.8 Å². The first-order valence-corrected chi connectivity index (χ1v) is 16.6. The number of benzene rings is 1. The number of aliphatic hydroxyl groups is 1. The van der Waals surface area contributed by atoms with Crippen molar-refractivity contribution in [2.75, 3.05) is 31.6 Å². The molecule has 0 saturated carbocycles. The van der Waals surface area contributed by atoms with E-state index in [2.05, 4.69) is 27.0 Å². The summed E-state index contributed by atoms with van der Waals surface area (Å²) in [5.74, 6) is -2.90. The van der Waals surface area contributed by atoms with Crippen LogP contribution in [0.5, 0.6) is 0 Å². The average molecular weight is 652 g/mol. The number of aryl methyl sites for hydroxylation is 1.